The van der Waals surface area contributed by atoms with Crippen LogP contribution >= 0.6 is 11.6 Å². The zero-order chi connectivity index (χ0) is 18.6. The van der Waals surface area contributed by atoms with E-state index >= 15 is 0 Å². The molecular weight excluding hydrogens is 356 g/mol. The van der Waals surface area contributed by atoms with E-state index in [0.717, 1.165) is 12.0 Å². The first-order valence-corrected chi connectivity index (χ1v) is 8.85. The summed E-state index contributed by atoms with van der Waals surface area (Å²) in [6.45, 7) is 2.70. The van der Waals surface area contributed by atoms with Crippen molar-refractivity contribution in [3.05, 3.63) is 29.3 Å². The average Bonchev–Trinajstić information content (AvgIpc) is 3.18. The number of carbonyl (C=O) groups excluding carboxylic acids is 2. The molecule has 136 valence electrons. The van der Waals surface area contributed by atoms with Crippen molar-refractivity contribution < 1.29 is 9.59 Å². The van der Waals surface area contributed by atoms with Crippen LogP contribution in [0.2, 0.25) is 5.02 Å². The lowest BCUT2D eigenvalue weighted by atomic mass is 10.1. The van der Waals surface area contributed by atoms with E-state index in [0.29, 0.717) is 23.3 Å². The van der Waals surface area contributed by atoms with Crippen LogP contribution in [0.5, 0.6) is 0 Å². The molecule has 3 heterocycles. The molecule has 0 saturated carbocycles. The number of hydrogen-bond donors (Lipinski definition) is 0. The molecule has 2 atom stereocenters. The number of nitrogens with zero attached hydrogens (tertiary/aromatic N) is 6. The highest BCUT2D eigenvalue weighted by atomic mass is 35.5. The Morgan fingerprint density at radius 1 is 1.12 bits per heavy atom. The van der Waals surface area contributed by atoms with Crippen molar-refractivity contribution in [3.63, 3.8) is 0 Å². The summed E-state index contributed by atoms with van der Waals surface area (Å²) in [7, 11) is 3.22. The van der Waals surface area contributed by atoms with Crippen molar-refractivity contribution in [1.29, 1.82) is 0 Å². The molecule has 1 aromatic heterocycles. The van der Waals surface area contributed by atoms with Gasteiger partial charge < -0.3 is 9.80 Å². The molecule has 1 fully saturated rings. The molecule has 0 spiro atoms. The van der Waals surface area contributed by atoms with Gasteiger partial charge in [-0.3, -0.25) is 14.3 Å². The molecule has 1 saturated heterocycles. The van der Waals surface area contributed by atoms with Crippen molar-refractivity contribution in [2.75, 3.05) is 25.5 Å². The number of halogens is 1. The number of hydrogen-bond acceptors (Lipinski definition) is 5. The number of amides is 3. The Morgan fingerprint density at radius 3 is 2.46 bits per heavy atom. The monoisotopic (exact) mass is 374 g/mol. The maximum Gasteiger partial charge on any atom is 0.327 e. The second-order valence-corrected chi connectivity index (χ2v) is 6.98. The summed E-state index contributed by atoms with van der Waals surface area (Å²) >= 11 is 5.99. The van der Waals surface area contributed by atoms with Gasteiger partial charge in [-0.2, -0.15) is 0 Å². The van der Waals surface area contributed by atoms with E-state index in [-0.39, 0.29) is 11.9 Å². The molecule has 0 N–H and O–H groups in total. The van der Waals surface area contributed by atoms with Crippen molar-refractivity contribution in [2.24, 2.45) is 0 Å². The van der Waals surface area contributed by atoms with Crippen LogP contribution in [-0.4, -0.2) is 63.2 Å². The van der Waals surface area contributed by atoms with Crippen LogP contribution in [0.3, 0.4) is 0 Å². The maximum absolute atomic E-state index is 12.9. The van der Waals surface area contributed by atoms with E-state index in [1.807, 2.05) is 28.5 Å². The fourth-order valence-electron chi connectivity index (χ4n) is 3.71. The van der Waals surface area contributed by atoms with Gasteiger partial charge in [0.25, 0.3) is 5.91 Å². The molecule has 26 heavy (non-hydrogen) atoms. The number of carbonyl (C=O) groups is 2. The molecule has 0 aliphatic carbocycles. The molecule has 9 heteroatoms. The zero-order valence-electron chi connectivity index (χ0n) is 14.8. The first-order valence-electron chi connectivity index (χ1n) is 8.47. The average molecular weight is 375 g/mol. The highest BCUT2D eigenvalue weighted by Gasteiger charge is 2.54. The standard InChI is InChI=1S/C17H19ClN6O2/c1-4-9-23-12-14(21(2)17(26)22(3)15(12)25)24-13(19-20-16(23)24)10-5-7-11(18)8-6-10/h5-8,12,14H,4,9H2,1-3H3. The first kappa shape index (κ1) is 16.8. The van der Waals surface area contributed by atoms with Crippen molar-refractivity contribution >= 4 is 29.5 Å². The Bertz CT molecular complexity index is 880. The Kier molecular flexibility index (Phi) is 3.87. The van der Waals surface area contributed by atoms with Crippen molar-refractivity contribution in [1.82, 2.24) is 24.6 Å². The largest absolute Gasteiger partial charge is 0.327 e. The fraction of sp³-hybridized carbons (Fsp3) is 0.412. The number of urea groups is 1. The summed E-state index contributed by atoms with van der Waals surface area (Å²) in [5.74, 6) is 0.997. The Labute approximate surface area is 155 Å². The smallest absolute Gasteiger partial charge is 0.325 e. The normalized spacial score (nSPS) is 22.1. The molecule has 2 aliphatic heterocycles. The molecule has 2 aromatic rings. The van der Waals surface area contributed by atoms with Crippen LogP contribution in [0.4, 0.5) is 10.7 Å². The Balaban J connectivity index is 1.88. The van der Waals surface area contributed by atoms with Gasteiger partial charge in [-0.25, -0.2) is 4.79 Å². The molecule has 2 aliphatic rings. The van der Waals surface area contributed by atoms with Gasteiger partial charge in [0.2, 0.25) is 5.95 Å². The second kappa shape index (κ2) is 5.98. The van der Waals surface area contributed by atoms with E-state index in [9.17, 15) is 9.59 Å². The summed E-state index contributed by atoms with van der Waals surface area (Å²) in [5, 5.41) is 9.29. The lowest BCUT2D eigenvalue weighted by Crippen LogP contribution is -2.61. The third kappa shape index (κ3) is 2.21. The van der Waals surface area contributed by atoms with Crippen LogP contribution in [0.15, 0.2) is 24.3 Å². The summed E-state index contributed by atoms with van der Waals surface area (Å²) in [5.41, 5.74) is 0.831. The SMILES string of the molecule is CCCN1c2nnc(-c3ccc(Cl)cc3)n2C2C1C(=O)N(C)C(=O)N2C. The highest BCUT2D eigenvalue weighted by Crippen LogP contribution is 2.42. The number of imide groups is 1. The van der Waals surface area contributed by atoms with E-state index < -0.39 is 12.2 Å². The molecular formula is C17H19ClN6O2. The Morgan fingerprint density at radius 2 is 1.81 bits per heavy atom. The topological polar surface area (TPSA) is 74.6 Å². The van der Waals surface area contributed by atoms with Crippen LogP contribution < -0.4 is 4.90 Å². The van der Waals surface area contributed by atoms with Gasteiger partial charge in [0, 0.05) is 31.2 Å². The number of anilines is 1. The van der Waals surface area contributed by atoms with Gasteiger partial charge >= 0.3 is 6.03 Å². The van der Waals surface area contributed by atoms with Crippen LogP contribution in [-0.2, 0) is 4.79 Å². The number of likely N-dealkylation sites (N-methyl/N-ethyl adjacent to an activating group) is 2. The van der Waals surface area contributed by atoms with E-state index in [2.05, 4.69) is 10.2 Å². The lowest BCUT2D eigenvalue weighted by Gasteiger charge is -2.40. The van der Waals surface area contributed by atoms with E-state index in [1.165, 1.54) is 11.9 Å². The van der Waals surface area contributed by atoms with Gasteiger partial charge in [-0.15, -0.1) is 10.2 Å². The summed E-state index contributed by atoms with van der Waals surface area (Å²) in [6.07, 6.45) is 0.370. The van der Waals surface area contributed by atoms with Crippen LogP contribution in [0.25, 0.3) is 11.4 Å². The first-order chi connectivity index (χ1) is 12.5. The van der Waals surface area contributed by atoms with Gasteiger partial charge in [0.1, 0.15) is 6.17 Å². The molecule has 1 aromatic carbocycles. The number of fused-ring (bicyclic) bond motifs is 3. The van der Waals surface area contributed by atoms with Crippen molar-refractivity contribution in [2.45, 2.75) is 25.6 Å². The molecule has 2 unspecified atom stereocenters. The molecule has 8 nitrogen and oxygen atoms in total. The van der Waals surface area contributed by atoms with Gasteiger partial charge in [-0.05, 0) is 30.7 Å². The van der Waals surface area contributed by atoms with Crippen LogP contribution in [0.1, 0.15) is 19.5 Å². The number of aromatic nitrogens is 3. The number of rotatable bonds is 3. The minimum absolute atomic E-state index is 0.223. The molecule has 4 rings (SSSR count). The summed E-state index contributed by atoms with van der Waals surface area (Å²) < 4.78 is 1.88. The third-order valence-electron chi connectivity index (χ3n) is 4.95. The predicted octanol–water partition coefficient (Wildman–Crippen LogP) is 2.22. The molecule has 3 amide bonds. The van der Waals surface area contributed by atoms with Crippen LogP contribution in [0, 0.1) is 0 Å². The number of benzene rings is 1. The molecule has 0 bridgehead atoms. The quantitative estimate of drug-likeness (QED) is 0.823. The maximum atomic E-state index is 12.9. The predicted molar refractivity (Wildman–Crippen MR) is 96.9 cm³/mol. The van der Waals surface area contributed by atoms with Crippen molar-refractivity contribution in [3.8, 4) is 11.4 Å². The fourth-order valence-corrected chi connectivity index (χ4v) is 3.84. The minimum atomic E-state index is -0.501. The summed E-state index contributed by atoms with van der Waals surface area (Å²) in [6, 6.07) is 6.44. The lowest BCUT2D eigenvalue weighted by molar-refractivity contribution is -0.133. The van der Waals surface area contributed by atoms with Gasteiger partial charge in [-0.1, -0.05) is 18.5 Å². The van der Waals surface area contributed by atoms with E-state index in [4.69, 9.17) is 11.6 Å². The van der Waals surface area contributed by atoms with Gasteiger partial charge in [0.15, 0.2) is 11.9 Å². The minimum Gasteiger partial charge on any atom is -0.325 e. The van der Waals surface area contributed by atoms with E-state index in [1.54, 1.807) is 24.1 Å². The van der Waals surface area contributed by atoms with Gasteiger partial charge in [0.05, 0.1) is 0 Å². The third-order valence-corrected chi connectivity index (χ3v) is 5.21. The second-order valence-electron chi connectivity index (χ2n) is 6.54. The molecule has 0 radical (unpaired) electrons. The highest BCUT2D eigenvalue weighted by molar-refractivity contribution is 6.30. The summed E-state index contributed by atoms with van der Waals surface area (Å²) in [4.78, 5) is 30.1. The zero-order valence-corrected chi connectivity index (χ0v) is 15.5. The Hall–Kier alpha value is -2.61.